The van der Waals surface area contributed by atoms with Crippen LogP contribution in [0.15, 0.2) is 54.6 Å². The molecule has 0 spiro atoms. The largest absolute Gasteiger partial charge is 0.459 e. The molecular weight excluding hydrogens is 326 g/mol. The summed E-state index contributed by atoms with van der Waals surface area (Å²) in [6.07, 6.45) is 1.49. The standard InChI is InChI=1S/C22H28NO3/c1-17-9-11-19(12-10-17)22(25,18-7-5-4-6-8-18)21(24)26-20-13-15-23(2,3)16-14-20/h4-12,20,25H,13-16H2,1-3H3/q+1. The molecule has 0 aromatic heterocycles. The Labute approximate surface area is 155 Å². The highest BCUT2D eigenvalue weighted by Crippen LogP contribution is 2.32. The van der Waals surface area contributed by atoms with Gasteiger partial charge in [-0.05, 0) is 18.1 Å². The van der Waals surface area contributed by atoms with Crippen molar-refractivity contribution in [2.24, 2.45) is 0 Å². The van der Waals surface area contributed by atoms with Gasteiger partial charge in [0.1, 0.15) is 6.10 Å². The highest BCUT2D eigenvalue weighted by molar-refractivity contribution is 5.85. The number of ether oxygens (including phenoxy) is 1. The molecule has 1 saturated heterocycles. The number of nitrogens with zero attached hydrogens (tertiary/aromatic N) is 1. The second-order valence-corrected chi connectivity index (χ2v) is 7.93. The normalized spacial score (nSPS) is 19.5. The smallest absolute Gasteiger partial charge is 0.347 e. The van der Waals surface area contributed by atoms with Gasteiger partial charge in [-0.1, -0.05) is 60.2 Å². The van der Waals surface area contributed by atoms with E-state index < -0.39 is 11.6 Å². The van der Waals surface area contributed by atoms with Gasteiger partial charge in [-0.3, -0.25) is 0 Å². The summed E-state index contributed by atoms with van der Waals surface area (Å²) < 4.78 is 6.73. The fourth-order valence-electron chi connectivity index (χ4n) is 3.47. The Bertz CT molecular complexity index is 745. The van der Waals surface area contributed by atoms with E-state index in [2.05, 4.69) is 14.1 Å². The van der Waals surface area contributed by atoms with E-state index in [0.29, 0.717) is 11.1 Å². The van der Waals surface area contributed by atoms with E-state index in [1.807, 2.05) is 37.3 Å². The first kappa shape index (κ1) is 18.6. The number of esters is 1. The molecule has 2 aromatic carbocycles. The first-order valence-corrected chi connectivity index (χ1v) is 9.19. The van der Waals surface area contributed by atoms with Gasteiger partial charge in [-0.15, -0.1) is 0 Å². The lowest BCUT2D eigenvalue weighted by molar-refractivity contribution is -0.896. The molecule has 26 heavy (non-hydrogen) atoms. The van der Waals surface area contributed by atoms with E-state index >= 15 is 0 Å². The van der Waals surface area contributed by atoms with Crippen LogP contribution in [0.1, 0.15) is 29.5 Å². The second-order valence-electron chi connectivity index (χ2n) is 7.93. The van der Waals surface area contributed by atoms with Crippen LogP contribution in [-0.2, 0) is 15.1 Å². The molecule has 0 radical (unpaired) electrons. The molecule has 1 aliphatic rings. The highest BCUT2D eigenvalue weighted by atomic mass is 16.6. The molecule has 3 rings (SSSR count). The number of aliphatic hydroxyl groups is 1. The average molecular weight is 354 g/mol. The summed E-state index contributed by atoms with van der Waals surface area (Å²) in [5.74, 6) is -0.593. The first-order valence-electron chi connectivity index (χ1n) is 9.19. The third kappa shape index (κ3) is 3.81. The lowest BCUT2D eigenvalue weighted by Crippen LogP contribution is -2.49. The SMILES string of the molecule is Cc1ccc(C(O)(C(=O)OC2CC[N+](C)(C)CC2)c2ccccc2)cc1. The van der Waals surface area contributed by atoms with Gasteiger partial charge in [0.15, 0.2) is 0 Å². The quantitative estimate of drug-likeness (QED) is 0.678. The van der Waals surface area contributed by atoms with Crippen molar-refractivity contribution in [3.63, 3.8) is 0 Å². The fourth-order valence-corrected chi connectivity index (χ4v) is 3.47. The summed E-state index contributed by atoms with van der Waals surface area (Å²) >= 11 is 0. The number of likely N-dealkylation sites (tertiary alicyclic amines) is 1. The van der Waals surface area contributed by atoms with Crippen LogP contribution in [0.3, 0.4) is 0 Å². The van der Waals surface area contributed by atoms with Gasteiger partial charge in [-0.25, -0.2) is 4.79 Å². The molecule has 1 aliphatic heterocycles. The Morgan fingerprint density at radius 2 is 1.54 bits per heavy atom. The molecule has 1 unspecified atom stereocenters. The van der Waals surface area contributed by atoms with Crippen LogP contribution < -0.4 is 0 Å². The van der Waals surface area contributed by atoms with E-state index in [0.717, 1.165) is 36.0 Å². The maximum atomic E-state index is 13.1. The fraction of sp³-hybridized carbons (Fsp3) is 0.409. The van der Waals surface area contributed by atoms with Crippen LogP contribution in [0.25, 0.3) is 0 Å². The molecule has 1 atom stereocenters. The average Bonchev–Trinajstić information content (AvgIpc) is 2.64. The zero-order valence-electron chi connectivity index (χ0n) is 15.8. The second kappa shape index (κ2) is 7.22. The van der Waals surface area contributed by atoms with E-state index in [1.165, 1.54) is 0 Å². The molecule has 4 nitrogen and oxygen atoms in total. The van der Waals surface area contributed by atoms with Crippen LogP contribution in [-0.4, -0.2) is 48.8 Å². The minimum absolute atomic E-state index is 0.144. The summed E-state index contributed by atoms with van der Waals surface area (Å²) in [5, 5.41) is 11.5. The zero-order chi connectivity index (χ0) is 18.8. The highest BCUT2D eigenvalue weighted by Gasteiger charge is 2.43. The third-order valence-electron chi connectivity index (χ3n) is 5.34. The third-order valence-corrected chi connectivity index (χ3v) is 5.34. The molecule has 2 aromatic rings. The van der Waals surface area contributed by atoms with Gasteiger partial charge in [0.05, 0.1) is 27.2 Å². The summed E-state index contributed by atoms with van der Waals surface area (Å²) in [6, 6.07) is 16.4. The number of carbonyl (C=O) groups is 1. The van der Waals surface area contributed by atoms with E-state index in [9.17, 15) is 9.90 Å². The lowest BCUT2D eigenvalue weighted by Gasteiger charge is -2.38. The van der Waals surface area contributed by atoms with Crippen LogP contribution in [0.2, 0.25) is 0 Å². The van der Waals surface area contributed by atoms with Gasteiger partial charge in [0.25, 0.3) is 0 Å². The zero-order valence-corrected chi connectivity index (χ0v) is 15.8. The number of piperidine rings is 1. The predicted molar refractivity (Wildman–Crippen MR) is 102 cm³/mol. The van der Waals surface area contributed by atoms with Crippen molar-refractivity contribution in [2.75, 3.05) is 27.2 Å². The number of aryl methyl sites for hydroxylation is 1. The predicted octanol–water partition coefficient (Wildman–Crippen LogP) is 3.01. The Balaban J connectivity index is 1.88. The molecule has 0 amide bonds. The van der Waals surface area contributed by atoms with Crippen molar-refractivity contribution in [3.05, 3.63) is 71.3 Å². The summed E-state index contributed by atoms with van der Waals surface area (Å²) in [6.45, 7) is 3.91. The van der Waals surface area contributed by atoms with Gasteiger partial charge in [-0.2, -0.15) is 0 Å². The molecule has 1 N–H and O–H groups in total. The molecule has 0 bridgehead atoms. The first-order chi connectivity index (χ1) is 12.3. The number of carbonyl (C=O) groups excluding carboxylic acids is 1. The molecule has 138 valence electrons. The maximum absolute atomic E-state index is 13.1. The van der Waals surface area contributed by atoms with Crippen LogP contribution in [0.4, 0.5) is 0 Å². The van der Waals surface area contributed by atoms with Gasteiger partial charge >= 0.3 is 5.97 Å². The van der Waals surface area contributed by atoms with Crippen molar-refractivity contribution in [1.29, 1.82) is 0 Å². The van der Waals surface area contributed by atoms with Crippen molar-refractivity contribution in [1.82, 2.24) is 0 Å². The molecule has 1 heterocycles. The molecule has 0 saturated carbocycles. The minimum Gasteiger partial charge on any atom is -0.459 e. The number of hydrogen-bond acceptors (Lipinski definition) is 3. The molecule has 1 fully saturated rings. The monoisotopic (exact) mass is 354 g/mol. The van der Waals surface area contributed by atoms with E-state index in [1.54, 1.807) is 24.3 Å². The summed E-state index contributed by atoms with van der Waals surface area (Å²) in [7, 11) is 4.37. The van der Waals surface area contributed by atoms with Gasteiger partial charge < -0.3 is 14.3 Å². The Morgan fingerprint density at radius 3 is 2.12 bits per heavy atom. The number of hydrogen-bond donors (Lipinski definition) is 1. The number of benzene rings is 2. The van der Waals surface area contributed by atoms with Crippen LogP contribution >= 0.6 is 0 Å². The van der Waals surface area contributed by atoms with Crippen molar-refractivity contribution < 1.29 is 19.1 Å². The minimum atomic E-state index is -1.79. The molecule has 4 heteroatoms. The maximum Gasteiger partial charge on any atom is 0.347 e. The summed E-state index contributed by atoms with van der Waals surface area (Å²) in [4.78, 5) is 13.1. The van der Waals surface area contributed by atoms with Gasteiger partial charge in [0.2, 0.25) is 5.60 Å². The van der Waals surface area contributed by atoms with Crippen molar-refractivity contribution in [3.8, 4) is 0 Å². The van der Waals surface area contributed by atoms with E-state index in [-0.39, 0.29) is 6.10 Å². The molecule has 0 aliphatic carbocycles. The lowest BCUT2D eigenvalue weighted by atomic mass is 9.86. The molecular formula is C22H28NO3+. The van der Waals surface area contributed by atoms with Crippen molar-refractivity contribution in [2.45, 2.75) is 31.5 Å². The Morgan fingerprint density at radius 1 is 1.00 bits per heavy atom. The van der Waals surface area contributed by atoms with Crippen LogP contribution in [0, 0.1) is 6.92 Å². The number of rotatable bonds is 4. The summed E-state index contributed by atoms with van der Waals surface area (Å²) in [5.41, 5.74) is 0.341. The Kier molecular flexibility index (Phi) is 5.17. The van der Waals surface area contributed by atoms with Crippen LogP contribution in [0.5, 0.6) is 0 Å². The van der Waals surface area contributed by atoms with E-state index in [4.69, 9.17) is 4.74 Å². The van der Waals surface area contributed by atoms with Gasteiger partial charge in [0, 0.05) is 12.8 Å². The number of quaternary nitrogens is 1. The van der Waals surface area contributed by atoms with Crippen molar-refractivity contribution >= 4 is 5.97 Å². The Hall–Kier alpha value is -2.17. The topological polar surface area (TPSA) is 46.5 Å².